The number of ether oxygens (including phenoxy) is 3. The maximum atomic E-state index is 12.4. The lowest BCUT2D eigenvalue weighted by molar-refractivity contribution is 0.0827. The van der Waals surface area contributed by atoms with Crippen LogP contribution in [-0.4, -0.2) is 60.0 Å². The number of phenols is 1. The van der Waals surface area contributed by atoms with Crippen molar-refractivity contribution in [2.45, 2.75) is 18.9 Å². The number of phenolic OH excluding ortho intramolecular Hbond substituents is 1. The van der Waals surface area contributed by atoms with Crippen molar-refractivity contribution < 1.29 is 24.1 Å². The molecule has 0 spiro atoms. The first-order valence-corrected chi connectivity index (χ1v) is 12.5. The van der Waals surface area contributed by atoms with Crippen LogP contribution in [0.4, 0.5) is 0 Å². The maximum Gasteiger partial charge on any atom is 0.253 e. The second-order valence-electron chi connectivity index (χ2n) is 8.77. The molecule has 1 saturated heterocycles. The van der Waals surface area contributed by atoms with Gasteiger partial charge in [0.1, 0.15) is 27.7 Å². The molecule has 0 saturated carbocycles. The Hall–Kier alpha value is -3.73. The molecule has 1 aliphatic heterocycles. The number of amidine groups is 1. The molecule has 200 valence electrons. The number of nitrogens with one attached hydrogen (secondary N) is 2. The highest BCUT2D eigenvalue weighted by Gasteiger charge is 2.26. The molecule has 0 atom stereocenters. The molecule has 2 heterocycles. The Bertz CT molecular complexity index is 1360. The summed E-state index contributed by atoms with van der Waals surface area (Å²) in [5, 5.41) is 21.3. The number of halogens is 2. The minimum atomic E-state index is -0.221. The first kappa shape index (κ1) is 27.3. The van der Waals surface area contributed by atoms with Crippen molar-refractivity contribution in [3.8, 4) is 34.8 Å². The van der Waals surface area contributed by atoms with E-state index in [2.05, 4.69) is 10.3 Å². The lowest BCUT2D eigenvalue weighted by atomic mass is 10.1. The van der Waals surface area contributed by atoms with Crippen LogP contribution in [0.2, 0.25) is 10.0 Å². The van der Waals surface area contributed by atoms with Crippen LogP contribution in [0.1, 0.15) is 28.8 Å². The van der Waals surface area contributed by atoms with Crippen molar-refractivity contribution in [2.75, 3.05) is 27.2 Å². The van der Waals surface area contributed by atoms with Gasteiger partial charge in [-0.3, -0.25) is 10.2 Å². The molecular weight excluding hydrogens is 533 g/mol. The fourth-order valence-electron chi connectivity index (χ4n) is 3.73. The smallest absolute Gasteiger partial charge is 0.253 e. The fraction of sp³-hybridized carbons (Fsp3) is 0.269. The van der Waals surface area contributed by atoms with Crippen molar-refractivity contribution in [1.29, 1.82) is 5.41 Å². The summed E-state index contributed by atoms with van der Waals surface area (Å²) in [6.07, 6.45) is 1.31. The number of piperidine rings is 1. The molecule has 38 heavy (non-hydrogen) atoms. The van der Waals surface area contributed by atoms with Crippen molar-refractivity contribution in [2.24, 2.45) is 5.73 Å². The first-order valence-electron chi connectivity index (χ1n) is 11.7. The Morgan fingerprint density at radius 1 is 1.08 bits per heavy atom. The summed E-state index contributed by atoms with van der Waals surface area (Å²) in [4.78, 5) is 18.2. The third kappa shape index (κ3) is 6.21. The summed E-state index contributed by atoms with van der Waals surface area (Å²) in [5.74, 6) is -0.481. The number of carbonyl (C=O) groups is 1. The average Bonchev–Trinajstić information content (AvgIpc) is 2.90. The number of pyridine rings is 1. The minimum Gasteiger partial charge on any atom is -0.504 e. The second-order valence-corrected chi connectivity index (χ2v) is 9.53. The number of carbonyl (C=O) groups excluding carboxylic acids is 1. The van der Waals surface area contributed by atoms with Crippen LogP contribution < -0.4 is 25.3 Å². The molecule has 1 aromatic heterocycles. The lowest BCUT2D eigenvalue weighted by Gasteiger charge is -2.25. The molecule has 1 fully saturated rings. The van der Waals surface area contributed by atoms with Crippen molar-refractivity contribution >= 4 is 34.9 Å². The van der Waals surface area contributed by atoms with Crippen LogP contribution in [0.3, 0.4) is 0 Å². The van der Waals surface area contributed by atoms with Crippen LogP contribution in [0.25, 0.3) is 0 Å². The van der Waals surface area contributed by atoms with E-state index in [9.17, 15) is 9.90 Å². The summed E-state index contributed by atoms with van der Waals surface area (Å²) in [6.45, 7) is 1.55. The molecule has 2 aromatic carbocycles. The number of hydrogen-bond acceptors (Lipinski definition) is 8. The maximum absolute atomic E-state index is 12.4. The SMILES string of the molecule is CN(C)C(=O)c1cccc(Oc2nc(Oc3cc(C(=N)N)ccc3O)c(Cl)c(OC3CCNCC3)c2Cl)c1. The van der Waals surface area contributed by atoms with Crippen LogP contribution in [-0.2, 0) is 0 Å². The summed E-state index contributed by atoms with van der Waals surface area (Å²) in [7, 11) is 3.30. The van der Waals surface area contributed by atoms with Crippen LogP contribution in [0, 0.1) is 5.41 Å². The number of aromatic nitrogens is 1. The zero-order valence-electron chi connectivity index (χ0n) is 20.8. The zero-order valence-corrected chi connectivity index (χ0v) is 22.3. The molecule has 12 heteroatoms. The predicted octanol–water partition coefficient (Wildman–Crippen LogP) is 4.80. The summed E-state index contributed by atoms with van der Waals surface area (Å²) >= 11 is 13.3. The highest BCUT2D eigenvalue weighted by molar-refractivity contribution is 6.38. The Kier molecular flexibility index (Phi) is 8.45. The molecule has 0 bridgehead atoms. The quantitative estimate of drug-likeness (QED) is 0.227. The minimum absolute atomic E-state index is 0.0203. The number of nitrogens with zero attached hydrogens (tertiary/aromatic N) is 2. The lowest BCUT2D eigenvalue weighted by Crippen LogP contribution is -2.34. The molecule has 5 N–H and O–H groups in total. The number of nitrogens with two attached hydrogens (primary N) is 1. The predicted molar refractivity (Wildman–Crippen MR) is 145 cm³/mol. The van der Waals surface area contributed by atoms with Gasteiger partial charge in [-0.05, 0) is 62.3 Å². The van der Waals surface area contributed by atoms with Gasteiger partial charge in [-0.25, -0.2) is 0 Å². The second kappa shape index (κ2) is 11.8. The molecule has 1 amide bonds. The van der Waals surface area contributed by atoms with E-state index in [-0.39, 0.29) is 56.9 Å². The molecule has 10 nitrogen and oxygen atoms in total. The van der Waals surface area contributed by atoms with Gasteiger partial charge in [0.15, 0.2) is 17.2 Å². The van der Waals surface area contributed by atoms with E-state index in [4.69, 9.17) is 48.6 Å². The fourth-order valence-corrected chi connectivity index (χ4v) is 4.22. The van der Waals surface area contributed by atoms with Crippen LogP contribution in [0.15, 0.2) is 42.5 Å². The average molecular weight is 560 g/mol. The standard InChI is InChI=1S/C26H27Cl2N5O5/c1-33(2)26(35)15-4-3-5-17(12-15)37-24-20(27)22(36-16-8-10-31-11-9-16)21(28)25(32-24)38-19-13-14(23(29)30)6-7-18(19)34/h3-7,12-13,16,31,34H,8-11H2,1-2H3,(H3,29,30). The van der Waals surface area contributed by atoms with Gasteiger partial charge in [-0.15, -0.1) is 0 Å². The van der Waals surface area contributed by atoms with Gasteiger partial charge in [0.05, 0.1) is 0 Å². The van der Waals surface area contributed by atoms with Crippen molar-refractivity contribution in [3.05, 3.63) is 63.6 Å². The van der Waals surface area contributed by atoms with E-state index in [1.165, 1.54) is 23.1 Å². The number of rotatable bonds is 8. The third-order valence-electron chi connectivity index (χ3n) is 5.73. The van der Waals surface area contributed by atoms with E-state index in [1.807, 2.05) is 0 Å². The number of aromatic hydroxyl groups is 1. The monoisotopic (exact) mass is 559 g/mol. The highest BCUT2D eigenvalue weighted by atomic mass is 35.5. The Morgan fingerprint density at radius 3 is 2.42 bits per heavy atom. The number of benzene rings is 2. The molecule has 0 unspecified atom stereocenters. The van der Waals surface area contributed by atoms with Gasteiger partial charge in [0.2, 0.25) is 11.8 Å². The number of amides is 1. The molecule has 0 aliphatic carbocycles. The van der Waals surface area contributed by atoms with E-state index in [1.54, 1.807) is 38.4 Å². The van der Waals surface area contributed by atoms with E-state index in [0.717, 1.165) is 25.9 Å². The Morgan fingerprint density at radius 2 is 1.76 bits per heavy atom. The topological polar surface area (TPSA) is 143 Å². The van der Waals surface area contributed by atoms with Crippen molar-refractivity contribution in [1.82, 2.24) is 15.2 Å². The molecular formula is C26H27Cl2N5O5. The highest BCUT2D eigenvalue weighted by Crippen LogP contribution is 2.47. The largest absolute Gasteiger partial charge is 0.504 e. The molecule has 4 rings (SSSR count). The first-order chi connectivity index (χ1) is 18.1. The molecule has 1 aliphatic rings. The van der Waals surface area contributed by atoms with E-state index >= 15 is 0 Å². The summed E-state index contributed by atoms with van der Waals surface area (Å²) < 4.78 is 18.0. The van der Waals surface area contributed by atoms with Gasteiger partial charge in [-0.1, -0.05) is 29.3 Å². The van der Waals surface area contributed by atoms with Gasteiger partial charge in [0.25, 0.3) is 5.91 Å². The summed E-state index contributed by atoms with van der Waals surface area (Å²) in [6, 6.07) is 10.7. The third-order valence-corrected chi connectivity index (χ3v) is 6.39. The number of nitrogen functional groups attached to an aromatic ring is 1. The van der Waals surface area contributed by atoms with Gasteiger partial charge in [-0.2, -0.15) is 4.98 Å². The van der Waals surface area contributed by atoms with Gasteiger partial charge < -0.3 is 35.3 Å². The van der Waals surface area contributed by atoms with Crippen molar-refractivity contribution in [3.63, 3.8) is 0 Å². The molecule has 0 radical (unpaired) electrons. The zero-order chi connectivity index (χ0) is 27.4. The van der Waals surface area contributed by atoms with E-state index in [0.29, 0.717) is 16.9 Å². The Labute approximate surface area is 229 Å². The van der Waals surface area contributed by atoms with Crippen LogP contribution in [0.5, 0.6) is 34.8 Å². The van der Waals surface area contributed by atoms with E-state index < -0.39 is 0 Å². The van der Waals surface area contributed by atoms with Gasteiger partial charge >= 0.3 is 0 Å². The van der Waals surface area contributed by atoms with Gasteiger partial charge in [0, 0.05) is 25.2 Å². The number of hydrogen-bond donors (Lipinski definition) is 4. The van der Waals surface area contributed by atoms with Crippen LogP contribution >= 0.6 is 23.2 Å². The Balaban J connectivity index is 1.75. The normalized spacial score (nSPS) is 13.6. The summed E-state index contributed by atoms with van der Waals surface area (Å²) in [5.41, 5.74) is 6.32. The molecule has 3 aromatic rings.